The van der Waals surface area contributed by atoms with Crippen LogP contribution < -0.4 is 5.32 Å². The Morgan fingerprint density at radius 1 is 0.962 bits per heavy atom. The Bertz CT molecular complexity index is 1750. The summed E-state index contributed by atoms with van der Waals surface area (Å²) in [5.41, 5.74) is -2.78. The zero-order chi connectivity index (χ0) is 39.3. The lowest BCUT2D eigenvalue weighted by molar-refractivity contribution is -0.233. The number of nitrogens with one attached hydrogen (secondary N) is 1. The number of carboxylic acids is 1. The van der Waals surface area contributed by atoms with Crippen LogP contribution in [0.1, 0.15) is 132 Å². The molecule has 5 aliphatic rings. The smallest absolute Gasteiger partial charge is 0.433 e. The second-order valence-electron chi connectivity index (χ2n) is 19.2. The van der Waals surface area contributed by atoms with E-state index in [-0.39, 0.29) is 64.1 Å². The minimum atomic E-state index is -4.70. The molecule has 1 amide bonds. The van der Waals surface area contributed by atoms with Gasteiger partial charge in [-0.3, -0.25) is 24.5 Å². The van der Waals surface area contributed by atoms with Crippen molar-refractivity contribution in [3.05, 3.63) is 29.1 Å². The zero-order valence-corrected chi connectivity index (χ0v) is 32.6. The van der Waals surface area contributed by atoms with Crippen LogP contribution in [-0.4, -0.2) is 44.8 Å². The summed E-state index contributed by atoms with van der Waals surface area (Å²) in [4.78, 5) is 60.6. The predicted octanol–water partition coefficient (Wildman–Crippen LogP) is 8.83. The van der Waals surface area contributed by atoms with Crippen LogP contribution in [0.5, 0.6) is 0 Å². The van der Waals surface area contributed by atoms with E-state index in [1.807, 2.05) is 13.8 Å². The average Bonchev–Trinajstić information content (AvgIpc) is 3.35. The highest BCUT2D eigenvalue weighted by Crippen LogP contribution is 2.76. The molecule has 2 N–H and O–H groups in total. The Labute approximate surface area is 310 Å². The molecule has 0 aromatic carbocycles. The van der Waals surface area contributed by atoms with Gasteiger partial charge in [0.25, 0.3) is 0 Å². The van der Waals surface area contributed by atoms with Crippen molar-refractivity contribution >= 4 is 29.6 Å². The number of halogens is 3. The fraction of sp³-hybridized carbons (Fsp3) is 0.756. The van der Waals surface area contributed by atoms with E-state index in [1.165, 1.54) is 13.8 Å². The highest BCUT2D eigenvalue weighted by atomic mass is 19.4. The number of anilines is 1. The first-order valence-electron chi connectivity index (χ1n) is 19.3. The maximum atomic E-state index is 14.4. The third-order valence-corrected chi connectivity index (χ3v) is 15.4. The molecule has 12 heteroatoms. The number of allylic oxidation sites excluding steroid dienone is 1. The van der Waals surface area contributed by atoms with Crippen molar-refractivity contribution in [2.75, 3.05) is 5.32 Å². The van der Waals surface area contributed by atoms with Crippen LogP contribution in [0, 0.1) is 56.2 Å². The molecule has 1 aromatic heterocycles. The molecule has 5 aliphatic carbocycles. The standard InChI is InChI=1S/C41H56F3N3O6/c1-22(2)30-24(48)20-40(32(50)47-34-45-19-14-27(46-34)41(42,43)44)18-17-38(8)23(31(30)40)10-11-26-37(7)15-13-28(53-29(49)21-35(3,4)33(51)52)36(5,6)25(37)12-16-39(26,38)9/h14,19,22-23,25-26,28H,10-13,15-18,20-21H2,1-9H3,(H,51,52)(H,45,46,47,50)/t23-,25?,26?,28+,37+,38-,39-,40-/m1/s1. The van der Waals surface area contributed by atoms with Crippen molar-refractivity contribution in [3.8, 4) is 0 Å². The number of ketones is 1. The van der Waals surface area contributed by atoms with E-state index in [0.717, 1.165) is 49.9 Å². The topological polar surface area (TPSA) is 136 Å². The maximum Gasteiger partial charge on any atom is 0.433 e. The summed E-state index contributed by atoms with van der Waals surface area (Å²) in [6.07, 6.45) is 1.92. The molecule has 1 aromatic rings. The maximum absolute atomic E-state index is 14.4. The Balaban J connectivity index is 1.31. The average molecular weight is 744 g/mol. The van der Waals surface area contributed by atoms with Crippen LogP contribution in [0.2, 0.25) is 0 Å². The number of aliphatic carboxylic acids is 1. The van der Waals surface area contributed by atoms with Gasteiger partial charge < -0.3 is 9.84 Å². The van der Waals surface area contributed by atoms with E-state index in [0.29, 0.717) is 30.8 Å². The van der Waals surface area contributed by atoms with Gasteiger partial charge in [0.15, 0.2) is 5.78 Å². The van der Waals surface area contributed by atoms with Gasteiger partial charge in [0.1, 0.15) is 11.8 Å². The third kappa shape index (κ3) is 5.94. The number of amides is 1. The Morgan fingerprint density at radius 2 is 1.64 bits per heavy atom. The first kappa shape index (κ1) is 39.4. The van der Waals surface area contributed by atoms with Gasteiger partial charge in [0, 0.05) is 18.0 Å². The summed E-state index contributed by atoms with van der Waals surface area (Å²) in [6, 6.07) is 0.763. The molecule has 53 heavy (non-hydrogen) atoms. The van der Waals surface area contributed by atoms with Crippen molar-refractivity contribution in [3.63, 3.8) is 0 Å². The summed E-state index contributed by atoms with van der Waals surface area (Å²) >= 11 is 0. The number of fused-ring (bicyclic) bond motifs is 7. The number of nitrogens with zero attached hydrogens (tertiary/aromatic N) is 2. The quantitative estimate of drug-likeness (QED) is 0.265. The molecule has 0 bridgehead atoms. The molecule has 4 fully saturated rings. The highest BCUT2D eigenvalue weighted by molar-refractivity contribution is 6.09. The van der Waals surface area contributed by atoms with Crippen molar-refractivity contribution in [1.82, 2.24) is 9.97 Å². The molecule has 8 atom stereocenters. The van der Waals surface area contributed by atoms with Crippen LogP contribution in [-0.2, 0) is 30.1 Å². The lowest BCUT2D eigenvalue weighted by Crippen LogP contribution is -2.66. The number of alkyl halides is 3. The van der Waals surface area contributed by atoms with Crippen LogP contribution in [0.15, 0.2) is 23.4 Å². The Morgan fingerprint density at radius 3 is 2.26 bits per heavy atom. The van der Waals surface area contributed by atoms with Gasteiger partial charge in [-0.2, -0.15) is 13.2 Å². The fourth-order valence-corrected chi connectivity index (χ4v) is 12.5. The number of hydrogen-bond donors (Lipinski definition) is 2. The number of rotatable bonds is 7. The lowest BCUT2D eigenvalue weighted by atomic mass is 9.33. The summed E-state index contributed by atoms with van der Waals surface area (Å²) in [5, 5.41) is 12.2. The minimum Gasteiger partial charge on any atom is -0.481 e. The number of carboxylic acid groups (broad SMARTS) is 1. The van der Waals surface area contributed by atoms with E-state index < -0.39 is 46.5 Å². The van der Waals surface area contributed by atoms with E-state index in [4.69, 9.17) is 4.74 Å². The molecule has 0 radical (unpaired) electrons. The highest BCUT2D eigenvalue weighted by Gasteiger charge is 2.71. The van der Waals surface area contributed by atoms with Gasteiger partial charge in [-0.05, 0) is 122 Å². The summed E-state index contributed by atoms with van der Waals surface area (Å²) in [5.74, 6) is -2.12. The van der Waals surface area contributed by atoms with Crippen molar-refractivity contribution < 1.29 is 42.2 Å². The van der Waals surface area contributed by atoms with Crippen molar-refractivity contribution in [2.45, 2.75) is 139 Å². The molecular weight excluding hydrogens is 687 g/mol. The number of aromatic nitrogens is 2. The number of Topliss-reactive ketones (excluding diaryl/α,β-unsaturated/α-hetero) is 1. The molecule has 0 saturated heterocycles. The SMILES string of the molecule is CC(C)C1=C2[C@H]3CCC4[C@@]5(C)CC[C@H](OC(=O)CC(C)(C)C(=O)O)C(C)(C)C5CC[C@@]4(C)[C@]3(C)CC[C@@]2(C(=O)Nc2nccc(C(F)(F)F)n2)CC1=O. The summed E-state index contributed by atoms with van der Waals surface area (Å²) in [6.45, 7) is 18.6. The molecule has 0 spiro atoms. The van der Waals surface area contributed by atoms with E-state index in [9.17, 15) is 37.5 Å². The Kier molecular flexibility index (Phi) is 9.37. The largest absolute Gasteiger partial charge is 0.481 e. The predicted molar refractivity (Wildman–Crippen MR) is 191 cm³/mol. The number of esters is 1. The van der Waals surface area contributed by atoms with Crippen molar-refractivity contribution in [1.29, 1.82) is 0 Å². The van der Waals surface area contributed by atoms with Gasteiger partial charge in [0.2, 0.25) is 11.9 Å². The summed E-state index contributed by atoms with van der Waals surface area (Å²) < 4.78 is 46.6. The zero-order valence-electron chi connectivity index (χ0n) is 32.6. The fourth-order valence-electron chi connectivity index (χ4n) is 12.5. The molecule has 0 aliphatic heterocycles. The second kappa shape index (κ2) is 12.6. The lowest BCUT2D eigenvalue weighted by Gasteiger charge is -2.72. The monoisotopic (exact) mass is 743 g/mol. The van der Waals surface area contributed by atoms with Crippen LogP contribution in [0.25, 0.3) is 0 Å². The van der Waals surface area contributed by atoms with Gasteiger partial charge in [0.05, 0.1) is 17.3 Å². The molecule has 1 heterocycles. The molecule has 4 saturated carbocycles. The van der Waals surface area contributed by atoms with Gasteiger partial charge in [-0.25, -0.2) is 9.97 Å². The molecule has 292 valence electrons. The van der Waals surface area contributed by atoms with Gasteiger partial charge in [-0.15, -0.1) is 0 Å². The van der Waals surface area contributed by atoms with Crippen LogP contribution in [0.4, 0.5) is 19.1 Å². The molecule has 9 nitrogen and oxygen atoms in total. The first-order chi connectivity index (χ1) is 24.3. The van der Waals surface area contributed by atoms with Crippen LogP contribution in [0.3, 0.4) is 0 Å². The number of ether oxygens (including phenoxy) is 1. The van der Waals surface area contributed by atoms with E-state index in [1.54, 1.807) is 0 Å². The van der Waals surface area contributed by atoms with Crippen LogP contribution >= 0.6 is 0 Å². The van der Waals surface area contributed by atoms with E-state index in [2.05, 4.69) is 49.9 Å². The molecule has 2 unspecified atom stereocenters. The Hall–Kier alpha value is -3.31. The third-order valence-electron chi connectivity index (χ3n) is 15.4. The number of carbonyl (C=O) groups excluding carboxylic acids is 3. The molecule has 6 rings (SSSR count). The number of hydrogen-bond acceptors (Lipinski definition) is 7. The normalized spacial score (nSPS) is 36.6. The second-order valence-corrected chi connectivity index (χ2v) is 19.2. The van der Waals surface area contributed by atoms with Gasteiger partial charge in [-0.1, -0.05) is 48.5 Å². The summed E-state index contributed by atoms with van der Waals surface area (Å²) in [7, 11) is 0. The van der Waals surface area contributed by atoms with Gasteiger partial charge >= 0.3 is 18.1 Å². The first-order valence-corrected chi connectivity index (χ1v) is 19.3. The number of carbonyl (C=O) groups is 4. The van der Waals surface area contributed by atoms with E-state index >= 15 is 0 Å². The minimum absolute atomic E-state index is 0.00883. The molecular formula is C41H56F3N3O6. The van der Waals surface area contributed by atoms with Crippen molar-refractivity contribution in [2.24, 2.45) is 56.2 Å².